The number of H-pyrrole nitrogens is 1. The van der Waals surface area contributed by atoms with Crippen LogP contribution in [0.1, 0.15) is 32.0 Å². The van der Waals surface area contributed by atoms with Crippen molar-refractivity contribution >= 4 is 17.0 Å². The number of imidazole rings is 1. The summed E-state index contributed by atoms with van der Waals surface area (Å²) in [6.45, 7) is 2.53. The fraction of sp³-hybridized carbons (Fsp3) is 0.474. The summed E-state index contributed by atoms with van der Waals surface area (Å²) in [5.74, 6) is 1.36. The van der Waals surface area contributed by atoms with E-state index in [-0.39, 0.29) is 12.1 Å². The van der Waals surface area contributed by atoms with Crippen LogP contribution in [0.2, 0.25) is 0 Å². The van der Waals surface area contributed by atoms with Gasteiger partial charge in [-0.2, -0.15) is 0 Å². The molecule has 24 heavy (non-hydrogen) atoms. The van der Waals surface area contributed by atoms with Crippen molar-refractivity contribution in [1.29, 1.82) is 0 Å². The van der Waals surface area contributed by atoms with Crippen molar-refractivity contribution in [2.45, 2.75) is 44.5 Å². The molecular weight excluding hydrogens is 304 g/mol. The third-order valence-electron chi connectivity index (χ3n) is 5.75. The van der Waals surface area contributed by atoms with Crippen LogP contribution < -0.4 is 0 Å². The van der Waals surface area contributed by atoms with Crippen molar-refractivity contribution < 1.29 is 14.3 Å². The zero-order valence-electron chi connectivity index (χ0n) is 13.6. The van der Waals surface area contributed by atoms with Crippen LogP contribution in [0.4, 0.5) is 0 Å². The number of ether oxygens (including phenoxy) is 2. The zero-order chi connectivity index (χ0) is 16.3. The normalized spacial score (nSPS) is 34.3. The first-order valence-corrected chi connectivity index (χ1v) is 8.67. The number of aromatic amines is 1. The van der Waals surface area contributed by atoms with Crippen LogP contribution >= 0.6 is 0 Å². The van der Waals surface area contributed by atoms with Crippen LogP contribution in [-0.2, 0) is 20.9 Å². The Balaban J connectivity index is 1.48. The molecule has 1 saturated heterocycles. The molecule has 0 amide bonds. The first-order valence-electron chi connectivity index (χ1n) is 8.67. The van der Waals surface area contributed by atoms with Gasteiger partial charge in [0.05, 0.1) is 16.6 Å². The fourth-order valence-corrected chi connectivity index (χ4v) is 4.78. The summed E-state index contributed by atoms with van der Waals surface area (Å²) in [4.78, 5) is 20.2. The second-order valence-electron chi connectivity index (χ2n) is 7.24. The maximum absolute atomic E-state index is 12.3. The molecule has 0 spiro atoms. The van der Waals surface area contributed by atoms with Gasteiger partial charge in [0.15, 0.2) is 0 Å². The highest BCUT2D eigenvalue weighted by Crippen LogP contribution is 2.55. The van der Waals surface area contributed by atoms with Crippen molar-refractivity contribution in [3.8, 4) is 0 Å². The Morgan fingerprint density at radius 2 is 2.25 bits per heavy atom. The third kappa shape index (κ3) is 1.85. The van der Waals surface area contributed by atoms with Crippen molar-refractivity contribution in [2.75, 3.05) is 0 Å². The number of para-hydroxylation sites is 2. The van der Waals surface area contributed by atoms with E-state index in [1.807, 2.05) is 24.3 Å². The van der Waals surface area contributed by atoms with E-state index in [1.54, 1.807) is 0 Å². The van der Waals surface area contributed by atoms with E-state index in [0.29, 0.717) is 18.4 Å². The molecule has 0 radical (unpaired) electrons. The van der Waals surface area contributed by atoms with E-state index in [4.69, 9.17) is 9.47 Å². The van der Waals surface area contributed by atoms with Gasteiger partial charge in [-0.15, -0.1) is 0 Å². The number of fused-ring (bicyclic) bond motifs is 1. The van der Waals surface area contributed by atoms with Crippen LogP contribution in [0, 0.1) is 11.8 Å². The molecule has 1 aliphatic heterocycles. The summed E-state index contributed by atoms with van der Waals surface area (Å²) in [6, 6.07) is 7.94. The van der Waals surface area contributed by atoms with E-state index in [0.717, 1.165) is 41.7 Å². The molecule has 5 nitrogen and oxygen atoms in total. The van der Waals surface area contributed by atoms with Gasteiger partial charge >= 0.3 is 5.97 Å². The molecule has 1 saturated carbocycles. The van der Waals surface area contributed by atoms with Gasteiger partial charge in [0, 0.05) is 0 Å². The Morgan fingerprint density at radius 1 is 1.38 bits per heavy atom. The summed E-state index contributed by atoms with van der Waals surface area (Å²) in [5, 5.41) is 0. The standard InChI is InChI=1S/C19H20N2O3/c1-11-8-12-6-7-16-19(12,13(9-11)18(22)24-16)23-10-17-20-14-4-2-3-5-15(14)21-17/h2-5,9,11-12,16H,6-8,10H2,1H3,(H,20,21)/t11-,12+,16+,19-/m1/s1. The minimum Gasteiger partial charge on any atom is -0.455 e. The number of esters is 1. The van der Waals surface area contributed by atoms with Crippen molar-refractivity contribution in [3.63, 3.8) is 0 Å². The van der Waals surface area contributed by atoms with Crippen LogP contribution in [0.15, 0.2) is 35.9 Å². The van der Waals surface area contributed by atoms with Crippen molar-refractivity contribution in [1.82, 2.24) is 9.97 Å². The smallest absolute Gasteiger partial charge is 0.337 e. The van der Waals surface area contributed by atoms with E-state index in [1.165, 1.54) is 0 Å². The number of benzene rings is 1. The number of hydrogen-bond donors (Lipinski definition) is 1. The predicted octanol–water partition coefficient (Wildman–Crippen LogP) is 3.12. The SMILES string of the molecule is C[C@H]1C=C2C(=O)O[C@H]3CC[C@@H](C1)[C@@]23OCc1nc2ccccc2[nH]1. The highest BCUT2D eigenvalue weighted by atomic mass is 16.6. The van der Waals surface area contributed by atoms with E-state index in [2.05, 4.69) is 23.0 Å². The number of rotatable bonds is 3. The molecule has 5 rings (SSSR count). The summed E-state index contributed by atoms with van der Waals surface area (Å²) in [7, 11) is 0. The number of aromatic nitrogens is 2. The lowest BCUT2D eigenvalue weighted by molar-refractivity contribution is -0.142. The summed E-state index contributed by atoms with van der Waals surface area (Å²) in [6.07, 6.45) is 4.91. The lowest BCUT2D eigenvalue weighted by atomic mass is 9.73. The lowest BCUT2D eigenvalue weighted by Gasteiger charge is -2.38. The number of nitrogens with zero attached hydrogens (tertiary/aromatic N) is 1. The minimum absolute atomic E-state index is 0.141. The first-order chi connectivity index (χ1) is 11.7. The molecule has 2 aromatic rings. The van der Waals surface area contributed by atoms with Crippen LogP contribution in [0.3, 0.4) is 0 Å². The average Bonchev–Trinajstić information content (AvgIpc) is 3.21. The highest BCUT2D eigenvalue weighted by Gasteiger charge is 2.63. The van der Waals surface area contributed by atoms with Gasteiger partial charge in [0.1, 0.15) is 24.1 Å². The molecule has 4 atom stereocenters. The quantitative estimate of drug-likeness (QED) is 0.881. The molecule has 3 aliphatic rings. The maximum atomic E-state index is 12.3. The molecule has 124 valence electrons. The summed E-state index contributed by atoms with van der Waals surface area (Å²) in [5.41, 5.74) is 2.11. The number of allylic oxidation sites excluding steroid dienone is 1. The second kappa shape index (κ2) is 4.93. The van der Waals surface area contributed by atoms with Crippen molar-refractivity contribution in [2.24, 2.45) is 11.8 Å². The Bertz CT molecular complexity index is 822. The molecule has 1 N–H and O–H groups in total. The van der Waals surface area contributed by atoms with Crippen LogP contribution in [-0.4, -0.2) is 27.6 Å². The molecular formula is C19H20N2O3. The fourth-order valence-electron chi connectivity index (χ4n) is 4.78. The number of carbonyl (C=O) groups is 1. The van der Waals surface area contributed by atoms with Crippen molar-refractivity contribution in [3.05, 3.63) is 41.7 Å². The zero-order valence-corrected chi connectivity index (χ0v) is 13.6. The molecule has 2 heterocycles. The second-order valence-corrected chi connectivity index (χ2v) is 7.24. The monoisotopic (exact) mass is 324 g/mol. The van der Waals surface area contributed by atoms with E-state index in [9.17, 15) is 4.79 Å². The molecule has 0 unspecified atom stereocenters. The van der Waals surface area contributed by atoms with Crippen LogP contribution in [0.25, 0.3) is 11.0 Å². The van der Waals surface area contributed by atoms with Gasteiger partial charge < -0.3 is 14.5 Å². The van der Waals surface area contributed by atoms with Gasteiger partial charge in [-0.3, -0.25) is 0 Å². The van der Waals surface area contributed by atoms with Gasteiger partial charge in [-0.1, -0.05) is 25.1 Å². The summed E-state index contributed by atoms with van der Waals surface area (Å²) < 4.78 is 12.0. The first kappa shape index (κ1) is 14.2. The molecule has 0 bridgehead atoms. The molecule has 5 heteroatoms. The van der Waals surface area contributed by atoms with Gasteiger partial charge in [0.25, 0.3) is 0 Å². The Morgan fingerprint density at radius 3 is 3.12 bits per heavy atom. The van der Waals surface area contributed by atoms with Gasteiger partial charge in [0.2, 0.25) is 0 Å². The van der Waals surface area contributed by atoms with E-state index >= 15 is 0 Å². The molecule has 2 aliphatic carbocycles. The van der Waals surface area contributed by atoms with E-state index < -0.39 is 5.60 Å². The predicted molar refractivity (Wildman–Crippen MR) is 88.1 cm³/mol. The van der Waals surface area contributed by atoms with Gasteiger partial charge in [-0.25, -0.2) is 9.78 Å². The maximum Gasteiger partial charge on any atom is 0.337 e. The molecule has 1 aromatic heterocycles. The molecule has 1 aromatic carbocycles. The lowest BCUT2D eigenvalue weighted by Crippen LogP contribution is -2.46. The Labute approximate surface area is 140 Å². The average molecular weight is 324 g/mol. The minimum atomic E-state index is -0.567. The Kier molecular flexibility index (Phi) is 2.92. The van der Waals surface area contributed by atoms with Crippen LogP contribution in [0.5, 0.6) is 0 Å². The largest absolute Gasteiger partial charge is 0.455 e. The molecule has 2 fully saturated rings. The number of hydrogen-bond acceptors (Lipinski definition) is 4. The number of nitrogens with one attached hydrogen (secondary N) is 1. The van der Waals surface area contributed by atoms with Gasteiger partial charge in [-0.05, 0) is 43.2 Å². The third-order valence-corrected chi connectivity index (χ3v) is 5.75. The Hall–Kier alpha value is -2.14. The summed E-state index contributed by atoms with van der Waals surface area (Å²) >= 11 is 0. The number of carbonyl (C=O) groups excluding carboxylic acids is 1. The topological polar surface area (TPSA) is 64.2 Å². The highest BCUT2D eigenvalue weighted by molar-refractivity contribution is 5.94.